The molecule has 0 saturated heterocycles. The van der Waals surface area contributed by atoms with Crippen LogP contribution in [0.3, 0.4) is 0 Å². The van der Waals surface area contributed by atoms with Crippen LogP contribution in [0.2, 0.25) is 0 Å². The fraction of sp³-hybridized carbons (Fsp3) is 0.294. The number of hydrogen-bond acceptors (Lipinski definition) is 4. The van der Waals surface area contributed by atoms with Crippen LogP contribution in [0.4, 0.5) is 5.69 Å². The van der Waals surface area contributed by atoms with Crippen molar-refractivity contribution < 1.29 is 9.59 Å². The molecule has 1 fully saturated rings. The minimum Gasteiger partial charge on any atom is -0.324 e. The molecule has 2 aromatic rings. The van der Waals surface area contributed by atoms with E-state index in [1.807, 2.05) is 0 Å². The summed E-state index contributed by atoms with van der Waals surface area (Å²) >= 11 is 0. The van der Waals surface area contributed by atoms with Gasteiger partial charge in [0, 0.05) is 23.2 Å². The molecule has 23 heavy (non-hydrogen) atoms. The van der Waals surface area contributed by atoms with Crippen LogP contribution in [0.5, 0.6) is 0 Å². The van der Waals surface area contributed by atoms with Crippen molar-refractivity contribution in [1.29, 1.82) is 0 Å². The van der Waals surface area contributed by atoms with Crippen LogP contribution in [0.25, 0.3) is 0 Å². The molecule has 3 rings (SSSR count). The molecule has 1 aromatic heterocycles. The summed E-state index contributed by atoms with van der Waals surface area (Å²) in [4.78, 5) is 35.3. The highest BCUT2D eigenvalue weighted by atomic mass is 16.2. The normalized spacial score (nSPS) is 13.6. The van der Waals surface area contributed by atoms with Gasteiger partial charge in [-0.2, -0.15) is 5.10 Å². The summed E-state index contributed by atoms with van der Waals surface area (Å²) < 4.78 is 1.18. The van der Waals surface area contributed by atoms with Crippen molar-refractivity contribution in [2.24, 2.45) is 0 Å². The Hall–Kier alpha value is -2.76. The van der Waals surface area contributed by atoms with E-state index < -0.39 is 0 Å². The number of aromatic nitrogens is 2. The summed E-state index contributed by atoms with van der Waals surface area (Å²) in [5, 5.41) is 6.94. The summed E-state index contributed by atoms with van der Waals surface area (Å²) in [7, 11) is 0. The molecule has 1 saturated carbocycles. The van der Waals surface area contributed by atoms with Crippen molar-refractivity contribution in [2.45, 2.75) is 32.2 Å². The molecule has 118 valence electrons. The van der Waals surface area contributed by atoms with Gasteiger partial charge in [-0.05, 0) is 38.0 Å². The van der Waals surface area contributed by atoms with E-state index in [1.54, 1.807) is 30.3 Å². The Morgan fingerprint density at radius 2 is 2.04 bits per heavy atom. The third kappa shape index (κ3) is 3.71. The molecular formula is C17H17N3O3. The molecule has 1 amide bonds. The number of amides is 1. The fourth-order valence-corrected chi connectivity index (χ4v) is 2.33. The van der Waals surface area contributed by atoms with E-state index in [4.69, 9.17) is 0 Å². The SMILES string of the molecule is CC(=O)c1cccc(NC(=O)Cn2nc(C3CC3)ccc2=O)c1. The van der Waals surface area contributed by atoms with E-state index in [2.05, 4.69) is 10.4 Å². The van der Waals surface area contributed by atoms with Gasteiger partial charge in [-0.1, -0.05) is 12.1 Å². The van der Waals surface area contributed by atoms with Gasteiger partial charge in [0.05, 0.1) is 5.69 Å². The zero-order chi connectivity index (χ0) is 16.4. The second kappa shape index (κ2) is 6.16. The molecule has 0 spiro atoms. The first-order valence-electron chi connectivity index (χ1n) is 7.52. The highest BCUT2D eigenvalue weighted by Gasteiger charge is 2.25. The molecule has 0 unspecified atom stereocenters. The smallest absolute Gasteiger partial charge is 0.267 e. The summed E-state index contributed by atoms with van der Waals surface area (Å²) in [5.74, 6) is -0.0125. The second-order valence-corrected chi connectivity index (χ2v) is 5.71. The zero-order valence-corrected chi connectivity index (χ0v) is 12.8. The Balaban J connectivity index is 1.72. The first-order valence-corrected chi connectivity index (χ1v) is 7.52. The van der Waals surface area contributed by atoms with Crippen molar-refractivity contribution in [2.75, 3.05) is 5.32 Å². The van der Waals surface area contributed by atoms with Gasteiger partial charge in [-0.3, -0.25) is 14.4 Å². The van der Waals surface area contributed by atoms with Gasteiger partial charge in [0.25, 0.3) is 5.56 Å². The number of rotatable bonds is 5. The van der Waals surface area contributed by atoms with Crippen LogP contribution in [0.15, 0.2) is 41.2 Å². The number of carbonyl (C=O) groups excluding carboxylic acids is 2. The van der Waals surface area contributed by atoms with E-state index in [1.165, 1.54) is 17.7 Å². The van der Waals surface area contributed by atoms with Crippen molar-refractivity contribution in [3.05, 3.63) is 58.0 Å². The number of anilines is 1. The highest BCUT2D eigenvalue weighted by Crippen LogP contribution is 2.38. The summed E-state index contributed by atoms with van der Waals surface area (Å²) in [6.45, 7) is 1.32. The lowest BCUT2D eigenvalue weighted by atomic mass is 10.1. The highest BCUT2D eigenvalue weighted by molar-refractivity contribution is 5.97. The van der Waals surface area contributed by atoms with Crippen LogP contribution in [-0.4, -0.2) is 21.5 Å². The minimum atomic E-state index is -0.353. The number of hydrogen-bond donors (Lipinski definition) is 1. The van der Waals surface area contributed by atoms with Crippen LogP contribution in [-0.2, 0) is 11.3 Å². The van der Waals surface area contributed by atoms with Crippen molar-refractivity contribution >= 4 is 17.4 Å². The molecule has 1 N–H and O–H groups in total. The molecule has 0 bridgehead atoms. The van der Waals surface area contributed by atoms with Gasteiger partial charge in [0.15, 0.2) is 5.78 Å². The minimum absolute atomic E-state index is 0.0730. The van der Waals surface area contributed by atoms with E-state index in [0.717, 1.165) is 18.5 Å². The molecule has 0 aliphatic heterocycles. The van der Waals surface area contributed by atoms with Crippen LogP contribution < -0.4 is 10.9 Å². The second-order valence-electron chi connectivity index (χ2n) is 5.71. The van der Waals surface area contributed by atoms with Gasteiger partial charge in [-0.25, -0.2) is 4.68 Å². The quantitative estimate of drug-likeness (QED) is 0.856. The zero-order valence-electron chi connectivity index (χ0n) is 12.8. The third-order valence-electron chi connectivity index (χ3n) is 3.73. The molecule has 0 atom stereocenters. The predicted octanol–water partition coefficient (Wildman–Crippen LogP) is 1.96. The number of nitrogens with one attached hydrogen (secondary N) is 1. The lowest BCUT2D eigenvalue weighted by Crippen LogP contribution is -2.29. The Labute approximate surface area is 133 Å². The average molecular weight is 311 g/mol. The number of Topliss-reactive ketones (excluding diaryl/α,β-unsaturated/α-hetero) is 1. The average Bonchev–Trinajstić information content (AvgIpc) is 3.34. The van der Waals surface area contributed by atoms with Gasteiger partial charge >= 0.3 is 0 Å². The number of ketones is 1. The Bertz CT molecular complexity index is 822. The number of benzene rings is 1. The van der Waals surface area contributed by atoms with Gasteiger partial charge in [0.2, 0.25) is 5.91 Å². The first kappa shape index (κ1) is 15.1. The topological polar surface area (TPSA) is 81.1 Å². The number of nitrogens with zero attached hydrogens (tertiary/aromatic N) is 2. The largest absolute Gasteiger partial charge is 0.324 e. The van der Waals surface area contributed by atoms with Crippen LogP contribution >= 0.6 is 0 Å². The molecule has 1 aliphatic carbocycles. The maximum atomic E-state index is 12.1. The Morgan fingerprint density at radius 3 is 2.74 bits per heavy atom. The lowest BCUT2D eigenvalue weighted by Gasteiger charge is -2.08. The summed E-state index contributed by atoms with van der Waals surface area (Å²) in [6, 6.07) is 9.86. The fourth-order valence-electron chi connectivity index (χ4n) is 2.33. The van der Waals surface area contributed by atoms with Crippen LogP contribution in [0, 0.1) is 0 Å². The molecule has 0 radical (unpaired) electrons. The molecule has 1 aliphatic rings. The maximum absolute atomic E-state index is 12.1. The molecule has 1 heterocycles. The Morgan fingerprint density at radius 1 is 1.26 bits per heavy atom. The number of carbonyl (C=O) groups is 2. The van der Waals surface area contributed by atoms with Crippen molar-refractivity contribution in [1.82, 2.24) is 9.78 Å². The van der Waals surface area contributed by atoms with E-state index >= 15 is 0 Å². The maximum Gasteiger partial charge on any atom is 0.267 e. The monoisotopic (exact) mass is 311 g/mol. The third-order valence-corrected chi connectivity index (χ3v) is 3.73. The van der Waals surface area contributed by atoms with Crippen LogP contribution in [0.1, 0.15) is 41.7 Å². The molecule has 1 aromatic carbocycles. The lowest BCUT2D eigenvalue weighted by molar-refractivity contribution is -0.117. The van der Waals surface area contributed by atoms with Gasteiger partial charge in [0.1, 0.15) is 6.54 Å². The van der Waals surface area contributed by atoms with Crippen molar-refractivity contribution in [3.63, 3.8) is 0 Å². The van der Waals surface area contributed by atoms with E-state index in [-0.39, 0.29) is 23.8 Å². The molecule has 6 nitrogen and oxygen atoms in total. The molecular weight excluding hydrogens is 294 g/mol. The molecule has 6 heteroatoms. The Kier molecular flexibility index (Phi) is 4.06. The van der Waals surface area contributed by atoms with Gasteiger partial charge < -0.3 is 5.32 Å². The first-order chi connectivity index (χ1) is 11.0. The predicted molar refractivity (Wildman–Crippen MR) is 85.5 cm³/mol. The summed E-state index contributed by atoms with van der Waals surface area (Å²) in [5.41, 5.74) is 1.60. The summed E-state index contributed by atoms with van der Waals surface area (Å²) in [6.07, 6.45) is 2.16. The van der Waals surface area contributed by atoms with E-state index in [0.29, 0.717) is 17.2 Å². The van der Waals surface area contributed by atoms with Crippen molar-refractivity contribution in [3.8, 4) is 0 Å². The standard InChI is InChI=1S/C17H17N3O3/c1-11(21)13-3-2-4-14(9-13)18-16(22)10-20-17(23)8-7-15(19-20)12-5-6-12/h2-4,7-9,12H,5-6,10H2,1H3,(H,18,22). The van der Waals surface area contributed by atoms with E-state index in [9.17, 15) is 14.4 Å². The van der Waals surface area contributed by atoms with Gasteiger partial charge in [-0.15, -0.1) is 0 Å².